The molecule has 2 aromatic rings. The van der Waals surface area contributed by atoms with Gasteiger partial charge in [0.2, 0.25) is 21.8 Å². The molecule has 0 saturated heterocycles. The van der Waals surface area contributed by atoms with Crippen LogP contribution in [0.1, 0.15) is 44.6 Å². The van der Waals surface area contributed by atoms with E-state index in [2.05, 4.69) is 21.1 Å². The van der Waals surface area contributed by atoms with Gasteiger partial charge >= 0.3 is 0 Å². The van der Waals surface area contributed by atoms with Crippen molar-refractivity contribution in [2.24, 2.45) is 5.92 Å². The van der Waals surface area contributed by atoms with Gasteiger partial charge in [0.25, 0.3) is 0 Å². The summed E-state index contributed by atoms with van der Waals surface area (Å²) in [5, 5.41) is 2.41. The normalized spacial score (nSPS) is 16.8. The molecule has 156 valence electrons. The summed E-state index contributed by atoms with van der Waals surface area (Å²) in [5.74, 6) is 1.05. The van der Waals surface area contributed by atoms with Crippen LogP contribution in [0.2, 0.25) is 0 Å². The molecule has 1 heterocycles. The number of hydrogen-bond acceptors (Lipinski definition) is 5. The highest BCUT2D eigenvalue weighted by molar-refractivity contribution is 7.93. The Morgan fingerprint density at radius 3 is 2.79 bits per heavy atom. The maximum atomic E-state index is 12.3. The van der Waals surface area contributed by atoms with Gasteiger partial charge < -0.3 is 9.73 Å². The van der Waals surface area contributed by atoms with Crippen LogP contribution in [0.25, 0.3) is 11.5 Å². The standard InChI is InChI=1S/C21H27N3O4S/c1-14(2)29(26,27)24-18-11-7-10-17(12-18)21-23-19(15(3)28-21)13-22-20(25)16-8-5-4-6-9-16/h4-5,7,10-12,14,16,24H,6,8-9,13H2,1-3H3,(H,22,25). The molecule has 1 atom stereocenters. The lowest BCUT2D eigenvalue weighted by Crippen LogP contribution is -2.31. The van der Waals surface area contributed by atoms with E-state index in [-0.39, 0.29) is 11.8 Å². The highest BCUT2D eigenvalue weighted by Gasteiger charge is 2.20. The van der Waals surface area contributed by atoms with Crippen LogP contribution in [-0.4, -0.2) is 24.6 Å². The zero-order valence-corrected chi connectivity index (χ0v) is 17.8. The topological polar surface area (TPSA) is 101 Å². The Morgan fingerprint density at radius 1 is 1.31 bits per heavy atom. The number of benzene rings is 1. The van der Waals surface area contributed by atoms with Gasteiger partial charge in [0, 0.05) is 17.2 Å². The third-order valence-corrected chi connectivity index (χ3v) is 6.71. The molecule has 0 radical (unpaired) electrons. The van der Waals surface area contributed by atoms with Gasteiger partial charge in [0.1, 0.15) is 11.5 Å². The molecule has 0 spiro atoms. The van der Waals surface area contributed by atoms with Gasteiger partial charge in [-0.1, -0.05) is 18.2 Å². The third kappa shape index (κ3) is 5.26. The summed E-state index contributed by atoms with van der Waals surface area (Å²) in [7, 11) is -3.44. The van der Waals surface area contributed by atoms with E-state index >= 15 is 0 Å². The summed E-state index contributed by atoms with van der Waals surface area (Å²) in [4.78, 5) is 16.8. The zero-order chi connectivity index (χ0) is 21.0. The first kappa shape index (κ1) is 21.1. The molecule has 1 aliphatic rings. The van der Waals surface area contributed by atoms with E-state index in [1.807, 2.05) is 6.08 Å². The number of hydrogen-bond donors (Lipinski definition) is 2. The predicted octanol–water partition coefficient (Wildman–Crippen LogP) is 3.77. The molecule has 0 bridgehead atoms. The SMILES string of the molecule is Cc1oc(-c2cccc(NS(=O)(=O)C(C)C)c2)nc1CNC(=O)C1CC=CCC1. The second-order valence-corrected chi connectivity index (χ2v) is 9.73. The first-order valence-electron chi connectivity index (χ1n) is 9.77. The summed E-state index contributed by atoms with van der Waals surface area (Å²) < 4.78 is 32.5. The number of nitrogens with one attached hydrogen (secondary N) is 2. The number of oxazole rings is 1. The quantitative estimate of drug-likeness (QED) is 0.668. The van der Waals surface area contributed by atoms with Crippen LogP contribution in [0, 0.1) is 12.8 Å². The fraction of sp³-hybridized carbons (Fsp3) is 0.429. The lowest BCUT2D eigenvalue weighted by Gasteiger charge is -2.16. The van der Waals surface area contributed by atoms with Crippen molar-refractivity contribution < 1.29 is 17.6 Å². The maximum Gasteiger partial charge on any atom is 0.235 e. The van der Waals surface area contributed by atoms with E-state index < -0.39 is 15.3 Å². The molecule has 1 aromatic heterocycles. The number of carbonyl (C=O) groups is 1. The molecular weight excluding hydrogens is 390 g/mol. The Bertz CT molecular complexity index is 1010. The summed E-state index contributed by atoms with van der Waals surface area (Å²) in [6.45, 7) is 5.34. The van der Waals surface area contributed by atoms with Crippen molar-refractivity contribution in [2.45, 2.75) is 51.8 Å². The van der Waals surface area contributed by atoms with E-state index in [0.717, 1.165) is 19.3 Å². The minimum Gasteiger partial charge on any atom is -0.441 e. The van der Waals surface area contributed by atoms with Gasteiger partial charge in [0.05, 0.1) is 11.8 Å². The van der Waals surface area contributed by atoms with E-state index in [1.165, 1.54) is 0 Å². The smallest absolute Gasteiger partial charge is 0.235 e. The van der Waals surface area contributed by atoms with Gasteiger partial charge in [-0.2, -0.15) is 0 Å². The van der Waals surface area contributed by atoms with Crippen molar-refractivity contribution in [3.8, 4) is 11.5 Å². The van der Waals surface area contributed by atoms with Crippen molar-refractivity contribution in [3.05, 3.63) is 47.9 Å². The number of nitrogens with zero attached hydrogens (tertiary/aromatic N) is 1. The van der Waals surface area contributed by atoms with E-state index in [1.54, 1.807) is 45.0 Å². The Morgan fingerprint density at radius 2 is 2.10 bits per heavy atom. The maximum absolute atomic E-state index is 12.3. The number of carbonyl (C=O) groups excluding carboxylic acids is 1. The van der Waals surface area contributed by atoms with Gasteiger partial charge in [-0.05, 0) is 58.2 Å². The van der Waals surface area contributed by atoms with Crippen LogP contribution in [0.3, 0.4) is 0 Å². The van der Waals surface area contributed by atoms with Crippen LogP contribution in [0.15, 0.2) is 40.8 Å². The highest BCUT2D eigenvalue weighted by atomic mass is 32.2. The molecule has 0 aliphatic heterocycles. The minimum absolute atomic E-state index is 0.0114. The first-order valence-corrected chi connectivity index (χ1v) is 11.3. The largest absolute Gasteiger partial charge is 0.441 e. The highest BCUT2D eigenvalue weighted by Crippen LogP contribution is 2.25. The Hall–Kier alpha value is -2.61. The zero-order valence-electron chi connectivity index (χ0n) is 16.9. The number of rotatable bonds is 7. The molecule has 1 aromatic carbocycles. The molecule has 0 fully saturated rings. The summed E-state index contributed by atoms with van der Waals surface area (Å²) in [5.41, 5.74) is 1.77. The van der Waals surface area contributed by atoms with Crippen LogP contribution < -0.4 is 10.0 Å². The van der Waals surface area contributed by atoms with Crippen molar-refractivity contribution in [2.75, 3.05) is 4.72 Å². The molecule has 0 saturated carbocycles. The second-order valence-electron chi connectivity index (χ2n) is 7.50. The second kappa shape index (κ2) is 8.82. The van der Waals surface area contributed by atoms with Crippen molar-refractivity contribution in [3.63, 3.8) is 0 Å². The molecule has 7 nitrogen and oxygen atoms in total. The number of aryl methyl sites for hydroxylation is 1. The average molecular weight is 418 g/mol. The van der Waals surface area contributed by atoms with Gasteiger partial charge in [-0.25, -0.2) is 13.4 Å². The van der Waals surface area contributed by atoms with Gasteiger partial charge in [-0.15, -0.1) is 0 Å². The van der Waals surface area contributed by atoms with Crippen LogP contribution in [-0.2, 0) is 21.4 Å². The molecule has 8 heteroatoms. The summed E-state index contributed by atoms with van der Waals surface area (Å²) in [6, 6.07) is 6.90. The van der Waals surface area contributed by atoms with E-state index in [4.69, 9.17) is 4.42 Å². The number of sulfonamides is 1. The van der Waals surface area contributed by atoms with E-state index in [9.17, 15) is 13.2 Å². The summed E-state index contributed by atoms with van der Waals surface area (Å²) >= 11 is 0. The van der Waals surface area contributed by atoms with Crippen molar-refractivity contribution >= 4 is 21.6 Å². The number of anilines is 1. The van der Waals surface area contributed by atoms with Crippen molar-refractivity contribution in [1.82, 2.24) is 10.3 Å². The lowest BCUT2D eigenvalue weighted by molar-refractivity contribution is -0.125. The molecule has 29 heavy (non-hydrogen) atoms. The molecule has 2 N–H and O–H groups in total. The monoisotopic (exact) mass is 417 g/mol. The average Bonchev–Trinajstić information content (AvgIpc) is 3.07. The van der Waals surface area contributed by atoms with Crippen LogP contribution >= 0.6 is 0 Å². The molecule has 1 unspecified atom stereocenters. The summed E-state index contributed by atoms with van der Waals surface area (Å²) in [6.07, 6.45) is 6.72. The van der Waals surface area contributed by atoms with Gasteiger partial charge in [0.15, 0.2) is 0 Å². The van der Waals surface area contributed by atoms with Gasteiger partial charge in [-0.3, -0.25) is 9.52 Å². The van der Waals surface area contributed by atoms with Crippen LogP contribution in [0.4, 0.5) is 5.69 Å². The molecule has 3 rings (SSSR count). The van der Waals surface area contributed by atoms with Crippen LogP contribution in [0.5, 0.6) is 0 Å². The lowest BCUT2D eigenvalue weighted by atomic mass is 9.94. The number of aromatic nitrogens is 1. The molecular formula is C21H27N3O4S. The Labute approximate surface area is 171 Å². The number of amides is 1. The number of allylic oxidation sites excluding steroid dienone is 2. The molecule has 1 aliphatic carbocycles. The fourth-order valence-corrected chi connectivity index (χ4v) is 3.75. The third-order valence-electron chi connectivity index (χ3n) is 4.95. The fourth-order valence-electron chi connectivity index (χ4n) is 3.06. The predicted molar refractivity (Wildman–Crippen MR) is 113 cm³/mol. The minimum atomic E-state index is -3.44. The Balaban J connectivity index is 1.70. The van der Waals surface area contributed by atoms with Crippen molar-refractivity contribution in [1.29, 1.82) is 0 Å². The molecule has 1 amide bonds. The first-order chi connectivity index (χ1) is 13.8. The van der Waals surface area contributed by atoms with E-state index in [0.29, 0.717) is 35.1 Å². The Kier molecular flexibility index (Phi) is 6.42.